The van der Waals surface area contributed by atoms with Gasteiger partial charge in [0.25, 0.3) is 0 Å². The van der Waals surface area contributed by atoms with Crippen molar-refractivity contribution < 1.29 is 80.4 Å². The molecule has 17 heteroatoms. The summed E-state index contributed by atoms with van der Waals surface area (Å²) >= 11 is 10.8. The van der Waals surface area contributed by atoms with Gasteiger partial charge in [-0.2, -0.15) is 0 Å². The van der Waals surface area contributed by atoms with Crippen LogP contribution in [0.1, 0.15) is 20.7 Å². The van der Waals surface area contributed by atoms with Crippen molar-refractivity contribution in [2.75, 3.05) is 0 Å². The van der Waals surface area contributed by atoms with Crippen molar-refractivity contribution in [3.05, 3.63) is 58.1 Å². The summed E-state index contributed by atoms with van der Waals surface area (Å²) in [6.07, 6.45) is 2.30. The van der Waals surface area contributed by atoms with Crippen LogP contribution in [0.5, 0.6) is 0 Å². The summed E-state index contributed by atoms with van der Waals surface area (Å²) in [4.78, 5) is 27.3. The number of carboxylic acids is 2. The molecule has 175 valence electrons. The van der Waals surface area contributed by atoms with E-state index in [1.807, 2.05) is 0 Å². The minimum atomic E-state index is -1.25. The molecule has 0 saturated heterocycles. The van der Waals surface area contributed by atoms with Crippen molar-refractivity contribution in [2.45, 2.75) is 0 Å². The Morgan fingerprint density at radius 2 is 0.897 bits per heavy atom. The minimum Gasteiger partial charge on any atom is -0.545 e. The molecular weight excluding hydrogens is 494 g/mol. The van der Waals surface area contributed by atoms with E-state index in [1.54, 1.807) is 0 Å². The zero-order valence-corrected chi connectivity index (χ0v) is 16.9. The first-order valence-electron chi connectivity index (χ1n) is 5.06. The number of hydrogen-bond acceptors (Lipinski definition) is 6. The second-order valence-corrected chi connectivity index (χ2v) is 4.09. The van der Waals surface area contributed by atoms with Gasteiger partial charge in [-0.05, 0) is 24.3 Å². The van der Waals surface area contributed by atoms with Crippen molar-refractivity contribution in [1.82, 2.24) is 9.97 Å². The first-order valence-corrected chi connectivity index (χ1v) is 5.81. The predicted molar refractivity (Wildman–Crippen MR) is 101 cm³/mol. The van der Waals surface area contributed by atoms with Crippen molar-refractivity contribution in [3.63, 3.8) is 0 Å². The number of nitrogens with zero attached hydrogens (tertiary/aromatic N) is 2. The molecule has 0 bridgehead atoms. The number of hydrogen-bond donors (Lipinski definition) is 0. The van der Waals surface area contributed by atoms with Crippen LogP contribution < -0.4 is 10.2 Å². The predicted octanol–water partition coefficient (Wildman–Crippen LogP) is -6.79. The maximum Gasteiger partial charge on any atom is 2.00 e. The number of carboxylic acid groups (broad SMARTS) is 2. The normalized spacial score (nSPS) is 6.41. The molecule has 0 fully saturated rings. The molecule has 0 amide bonds. The van der Waals surface area contributed by atoms with E-state index in [0.29, 0.717) is 0 Å². The Morgan fingerprint density at radius 1 is 0.655 bits per heavy atom. The fourth-order valence-electron chi connectivity index (χ4n) is 0.993. The number of aromatic nitrogens is 2. The van der Waals surface area contributed by atoms with E-state index in [-0.39, 0.29) is 82.0 Å². The van der Waals surface area contributed by atoms with Crippen molar-refractivity contribution in [3.8, 4) is 0 Å². The molecule has 2 rings (SSSR count). The summed E-state index contributed by atoms with van der Waals surface area (Å²) in [6.45, 7) is 0. The average Bonchev–Trinajstić information content (AvgIpc) is 2.40. The van der Waals surface area contributed by atoms with Gasteiger partial charge in [-0.1, -0.05) is 23.2 Å². The van der Waals surface area contributed by atoms with Crippen LogP contribution in [0.15, 0.2) is 36.7 Å². The number of rotatable bonds is 2. The Kier molecular flexibility index (Phi) is 54.8. The van der Waals surface area contributed by atoms with Crippen molar-refractivity contribution >= 4 is 35.1 Å². The Hall–Kier alpha value is -1.99. The third-order valence-electron chi connectivity index (χ3n) is 1.93. The summed E-state index contributed by atoms with van der Waals surface area (Å²) in [6, 6.07) is 5.47. The third kappa shape index (κ3) is 22.2. The van der Waals surface area contributed by atoms with E-state index in [1.165, 1.54) is 24.3 Å². The second kappa shape index (κ2) is 28.2. The number of carbonyl (C=O) groups excluding carboxylic acids is 2. The van der Waals surface area contributed by atoms with Gasteiger partial charge in [0.2, 0.25) is 0 Å². The van der Waals surface area contributed by atoms with E-state index in [2.05, 4.69) is 9.97 Å². The van der Waals surface area contributed by atoms with Crippen LogP contribution in [0.4, 0.5) is 0 Å². The van der Waals surface area contributed by atoms with Crippen LogP contribution in [-0.2, 0) is 38.7 Å². The number of halogens is 2. The standard InChI is InChI=1S/2C6H4ClNO2.Co.8H2O/c2*7-5-2-1-4(3-8-5)6(9)10;;;;;;;;;/h2*1-3H,(H,9,10);;8*1H2/q;;+2;;;;;;;;/p+2. The first kappa shape index (κ1) is 56.3. The van der Waals surface area contributed by atoms with E-state index >= 15 is 0 Å². The molecule has 0 aliphatic heterocycles. The molecular formula is C12H26Cl2CoN2O12+4. The summed E-state index contributed by atoms with van der Waals surface area (Å²) in [7, 11) is 0. The Balaban J connectivity index is -0.0000000301. The van der Waals surface area contributed by atoms with Crippen molar-refractivity contribution in [1.29, 1.82) is 0 Å². The van der Waals surface area contributed by atoms with E-state index in [9.17, 15) is 19.8 Å². The van der Waals surface area contributed by atoms with Gasteiger partial charge < -0.3 is 63.6 Å². The molecule has 0 unspecified atom stereocenters. The molecule has 29 heavy (non-hydrogen) atoms. The van der Waals surface area contributed by atoms with Crippen LogP contribution >= 0.6 is 23.2 Å². The van der Waals surface area contributed by atoms with Gasteiger partial charge in [0.15, 0.2) is 0 Å². The zero-order valence-electron chi connectivity index (χ0n) is 14.4. The zero-order chi connectivity index (χ0) is 15.1. The second-order valence-electron chi connectivity index (χ2n) is 3.31. The molecule has 14 nitrogen and oxygen atoms in total. The van der Waals surface area contributed by atoms with E-state index in [0.717, 1.165) is 12.4 Å². The van der Waals surface area contributed by atoms with Crippen LogP contribution in [0, 0.1) is 0 Å². The van der Waals surface area contributed by atoms with Crippen LogP contribution in [0.2, 0.25) is 10.3 Å². The monoisotopic (exact) mass is 519 g/mol. The quantitative estimate of drug-likeness (QED) is 0.273. The molecule has 0 saturated carbocycles. The summed E-state index contributed by atoms with van der Waals surface area (Å²) in [5.41, 5.74) is 0.0637. The van der Waals surface area contributed by atoms with Crippen LogP contribution in [0.25, 0.3) is 0 Å². The van der Waals surface area contributed by atoms with Gasteiger partial charge in [-0.15, -0.1) is 0 Å². The summed E-state index contributed by atoms with van der Waals surface area (Å²) in [5.74, 6) is -2.49. The number of pyridine rings is 2. The van der Waals surface area contributed by atoms with Crippen LogP contribution in [-0.4, -0.2) is 43.8 Å². The molecule has 1 radical (unpaired) electrons. The Labute approximate surface area is 183 Å². The van der Waals surface area contributed by atoms with Crippen LogP contribution in [0.3, 0.4) is 0 Å². The summed E-state index contributed by atoms with van der Waals surface area (Å²) in [5, 5.41) is 20.8. The molecule has 0 spiro atoms. The van der Waals surface area contributed by atoms with E-state index < -0.39 is 11.9 Å². The van der Waals surface area contributed by atoms with Gasteiger partial charge in [0.1, 0.15) is 10.3 Å². The minimum absolute atomic E-state index is 0. The average molecular weight is 520 g/mol. The van der Waals surface area contributed by atoms with Gasteiger partial charge in [-0.3, -0.25) is 0 Å². The maximum absolute atomic E-state index is 10.1. The number of carbonyl (C=O) groups is 2. The largest absolute Gasteiger partial charge is 2.00 e. The summed E-state index contributed by atoms with van der Waals surface area (Å²) < 4.78 is 0. The van der Waals surface area contributed by atoms with Gasteiger partial charge in [-0.25, -0.2) is 9.97 Å². The van der Waals surface area contributed by atoms with Gasteiger partial charge >= 0.3 is 16.8 Å². The molecule has 2 aromatic rings. The Morgan fingerprint density at radius 3 is 1.03 bits per heavy atom. The van der Waals surface area contributed by atoms with Crippen molar-refractivity contribution in [2.24, 2.45) is 0 Å². The topological polar surface area (TPSA) is 364 Å². The molecule has 0 atom stereocenters. The Bertz CT molecular complexity index is 564. The van der Waals surface area contributed by atoms with Gasteiger partial charge in [0.05, 0.1) is 11.9 Å². The van der Waals surface area contributed by atoms with Gasteiger partial charge in [0, 0.05) is 23.5 Å². The molecule has 0 aliphatic rings. The molecule has 0 aromatic carbocycles. The first-order chi connectivity index (χ1) is 9.40. The SMILES string of the molecule is O.O.O.O.O=C([O-])c1ccc(Cl)nc1.O=C([O-])c1ccc(Cl)nc1.[Co+2].[OH3+].[OH3+].[OH3+].[OH3+]. The number of aromatic carboxylic acids is 2. The fraction of sp³-hybridized carbons (Fsp3) is 0. The van der Waals surface area contributed by atoms with E-state index in [4.69, 9.17) is 23.2 Å². The molecule has 2 heterocycles. The molecule has 20 N–H and O–H groups in total. The maximum atomic E-state index is 10.1. The molecule has 0 aliphatic carbocycles. The smallest absolute Gasteiger partial charge is 0.545 e. The fourth-order valence-corrected chi connectivity index (χ4v) is 1.22. The third-order valence-corrected chi connectivity index (χ3v) is 2.37. The molecule has 2 aromatic heterocycles.